The molecule has 130 valence electrons. The number of carbonyl (C=O) groups excluding carboxylic acids is 1. The highest BCUT2D eigenvalue weighted by molar-refractivity contribution is 5.92. The van der Waals surface area contributed by atoms with Gasteiger partial charge in [-0.3, -0.25) is 18.7 Å². The zero-order chi connectivity index (χ0) is 17.1. The fourth-order valence-electron chi connectivity index (χ4n) is 5.82. The van der Waals surface area contributed by atoms with Crippen LogP contribution < -0.4 is 16.6 Å². The molecule has 6 heteroatoms. The van der Waals surface area contributed by atoms with Crippen molar-refractivity contribution in [3.05, 3.63) is 32.6 Å². The van der Waals surface area contributed by atoms with Crippen molar-refractivity contribution in [2.45, 2.75) is 38.5 Å². The Hall–Kier alpha value is -1.85. The average molecular weight is 331 g/mol. The molecule has 0 atom stereocenters. The number of nitrogens with zero attached hydrogens (tertiary/aromatic N) is 2. The first-order valence-electron chi connectivity index (χ1n) is 8.92. The van der Waals surface area contributed by atoms with E-state index in [1.54, 1.807) is 0 Å². The van der Waals surface area contributed by atoms with Crippen molar-refractivity contribution in [2.75, 3.05) is 6.54 Å². The number of hydrogen-bond acceptors (Lipinski definition) is 3. The maximum Gasteiger partial charge on any atom is 0.331 e. The van der Waals surface area contributed by atoms with Gasteiger partial charge in [-0.15, -0.1) is 0 Å². The molecule has 24 heavy (non-hydrogen) atoms. The van der Waals surface area contributed by atoms with Gasteiger partial charge in [0.15, 0.2) is 0 Å². The molecule has 4 bridgehead atoms. The van der Waals surface area contributed by atoms with Crippen LogP contribution in [0.25, 0.3) is 0 Å². The van der Waals surface area contributed by atoms with Gasteiger partial charge in [-0.05, 0) is 61.7 Å². The molecule has 1 aromatic heterocycles. The summed E-state index contributed by atoms with van der Waals surface area (Å²) >= 11 is 0. The smallest absolute Gasteiger partial charge is 0.331 e. The second-order valence-electron chi connectivity index (χ2n) is 8.37. The summed E-state index contributed by atoms with van der Waals surface area (Å²) < 4.78 is 2.26. The van der Waals surface area contributed by atoms with E-state index in [-0.39, 0.29) is 17.0 Å². The monoisotopic (exact) mass is 331 g/mol. The molecular formula is C18H25N3O3. The number of amides is 1. The van der Waals surface area contributed by atoms with Crippen molar-refractivity contribution in [1.29, 1.82) is 0 Å². The van der Waals surface area contributed by atoms with Gasteiger partial charge < -0.3 is 5.32 Å². The molecule has 4 aliphatic carbocycles. The standard InChI is InChI=1S/C18H25N3O3/c1-20-14(6-15(22)21(2)17(20)24)16(23)19-10-18-7-11-3-12(8-18)5-13(4-11)9-18/h6,11-13H,3-5,7-10H2,1-2H3,(H,19,23). The first kappa shape index (κ1) is 15.7. The van der Waals surface area contributed by atoms with E-state index in [4.69, 9.17) is 0 Å². The van der Waals surface area contributed by atoms with Gasteiger partial charge in [-0.25, -0.2) is 4.79 Å². The minimum absolute atomic E-state index is 0.146. The summed E-state index contributed by atoms with van der Waals surface area (Å²) in [6.07, 6.45) is 7.77. The SMILES string of the molecule is Cn1c(C(=O)NCC23CC4CC(CC(C4)C2)C3)cc(=O)n(C)c1=O. The fourth-order valence-corrected chi connectivity index (χ4v) is 5.82. The molecule has 5 rings (SSSR count). The Bertz CT molecular complexity index is 769. The molecule has 4 aliphatic rings. The van der Waals surface area contributed by atoms with Gasteiger partial charge >= 0.3 is 5.69 Å². The summed E-state index contributed by atoms with van der Waals surface area (Å²) in [6.45, 7) is 0.665. The van der Waals surface area contributed by atoms with Crippen LogP contribution in [0.4, 0.5) is 0 Å². The maximum atomic E-state index is 12.6. The first-order valence-corrected chi connectivity index (χ1v) is 8.92. The highest BCUT2D eigenvalue weighted by Crippen LogP contribution is 2.59. The minimum atomic E-state index is -0.470. The molecular weight excluding hydrogens is 306 g/mol. The lowest BCUT2D eigenvalue weighted by Crippen LogP contribution is -2.51. The highest BCUT2D eigenvalue weighted by Gasteiger charge is 2.50. The molecule has 0 aliphatic heterocycles. The number of hydrogen-bond donors (Lipinski definition) is 1. The topological polar surface area (TPSA) is 73.1 Å². The van der Waals surface area contributed by atoms with Crippen LogP contribution in [0.1, 0.15) is 49.0 Å². The third kappa shape index (κ3) is 2.43. The van der Waals surface area contributed by atoms with Crippen molar-refractivity contribution in [1.82, 2.24) is 14.5 Å². The normalized spacial score (nSPS) is 33.7. The van der Waals surface area contributed by atoms with Gasteiger partial charge in [-0.2, -0.15) is 0 Å². The largest absolute Gasteiger partial charge is 0.350 e. The molecule has 1 aromatic rings. The summed E-state index contributed by atoms with van der Waals surface area (Å²) in [4.78, 5) is 36.4. The summed E-state index contributed by atoms with van der Waals surface area (Å²) in [7, 11) is 2.95. The van der Waals surface area contributed by atoms with E-state index in [0.29, 0.717) is 6.54 Å². The van der Waals surface area contributed by atoms with Gasteiger partial charge in [0, 0.05) is 26.7 Å². The predicted octanol–water partition coefficient (Wildman–Crippen LogP) is 1.03. The zero-order valence-corrected chi connectivity index (χ0v) is 14.4. The van der Waals surface area contributed by atoms with Crippen LogP contribution in [0.15, 0.2) is 15.7 Å². The van der Waals surface area contributed by atoms with Gasteiger partial charge in [0.05, 0.1) is 0 Å². The van der Waals surface area contributed by atoms with Crippen molar-refractivity contribution >= 4 is 5.91 Å². The summed E-state index contributed by atoms with van der Waals surface area (Å²) in [5, 5.41) is 3.02. The molecule has 1 amide bonds. The van der Waals surface area contributed by atoms with Gasteiger partial charge in [0.1, 0.15) is 5.69 Å². The van der Waals surface area contributed by atoms with Gasteiger partial charge in [0.25, 0.3) is 11.5 Å². The van der Waals surface area contributed by atoms with Gasteiger partial charge in [-0.1, -0.05) is 0 Å². The van der Waals surface area contributed by atoms with Crippen molar-refractivity contribution in [3.63, 3.8) is 0 Å². The van der Waals surface area contributed by atoms with Gasteiger partial charge in [0.2, 0.25) is 0 Å². The Kier molecular flexibility index (Phi) is 3.48. The molecule has 0 unspecified atom stereocenters. The zero-order valence-electron chi connectivity index (χ0n) is 14.4. The van der Waals surface area contributed by atoms with Crippen LogP contribution >= 0.6 is 0 Å². The Labute approximate surface area is 140 Å². The molecule has 0 spiro atoms. The van der Waals surface area contributed by atoms with Crippen LogP contribution in [0.3, 0.4) is 0 Å². The molecule has 1 heterocycles. The molecule has 0 saturated heterocycles. The van der Waals surface area contributed by atoms with Crippen molar-refractivity contribution in [2.24, 2.45) is 37.3 Å². The Morgan fingerprint density at radius 3 is 2.17 bits per heavy atom. The molecule has 4 saturated carbocycles. The molecule has 0 aromatic carbocycles. The third-order valence-corrected chi connectivity index (χ3v) is 6.55. The number of carbonyl (C=O) groups is 1. The first-order chi connectivity index (χ1) is 11.4. The van der Waals surface area contributed by atoms with Crippen LogP contribution in [-0.4, -0.2) is 21.6 Å². The van der Waals surface area contributed by atoms with E-state index in [2.05, 4.69) is 5.32 Å². The fraction of sp³-hybridized carbons (Fsp3) is 0.722. The van der Waals surface area contributed by atoms with Crippen LogP contribution in [0, 0.1) is 23.2 Å². The second kappa shape index (κ2) is 5.33. The molecule has 0 radical (unpaired) electrons. The maximum absolute atomic E-state index is 12.6. The van der Waals surface area contributed by atoms with E-state index in [1.165, 1.54) is 63.3 Å². The van der Waals surface area contributed by atoms with Crippen LogP contribution in [0.2, 0.25) is 0 Å². The molecule has 6 nitrogen and oxygen atoms in total. The number of aromatic nitrogens is 2. The summed E-state index contributed by atoms with van der Waals surface area (Å²) in [5.41, 5.74) is -0.531. The Balaban J connectivity index is 1.52. The lowest BCUT2D eigenvalue weighted by molar-refractivity contribution is -0.0503. The van der Waals surface area contributed by atoms with E-state index in [1.807, 2.05) is 0 Å². The summed E-state index contributed by atoms with van der Waals surface area (Å²) in [5.74, 6) is 2.19. The Morgan fingerprint density at radius 1 is 1.08 bits per heavy atom. The van der Waals surface area contributed by atoms with Crippen LogP contribution in [-0.2, 0) is 14.1 Å². The minimum Gasteiger partial charge on any atom is -0.350 e. The Morgan fingerprint density at radius 2 is 1.62 bits per heavy atom. The van der Waals surface area contributed by atoms with Crippen molar-refractivity contribution in [3.8, 4) is 0 Å². The van der Waals surface area contributed by atoms with E-state index in [0.717, 1.165) is 22.3 Å². The van der Waals surface area contributed by atoms with E-state index < -0.39 is 11.2 Å². The lowest BCUT2D eigenvalue weighted by atomic mass is 9.49. The second-order valence-corrected chi connectivity index (χ2v) is 8.37. The quantitative estimate of drug-likeness (QED) is 0.899. The average Bonchev–Trinajstić information content (AvgIpc) is 2.53. The van der Waals surface area contributed by atoms with Crippen LogP contribution in [0.5, 0.6) is 0 Å². The number of nitrogens with one attached hydrogen (secondary N) is 1. The third-order valence-electron chi connectivity index (χ3n) is 6.55. The molecule has 4 fully saturated rings. The summed E-state index contributed by atoms with van der Waals surface area (Å²) in [6, 6.07) is 1.25. The predicted molar refractivity (Wildman–Crippen MR) is 89.9 cm³/mol. The highest BCUT2D eigenvalue weighted by atomic mass is 16.2. The van der Waals surface area contributed by atoms with E-state index >= 15 is 0 Å². The number of rotatable bonds is 3. The molecule has 1 N–H and O–H groups in total. The van der Waals surface area contributed by atoms with Crippen molar-refractivity contribution < 1.29 is 4.79 Å². The lowest BCUT2D eigenvalue weighted by Gasteiger charge is -2.56. The van der Waals surface area contributed by atoms with E-state index in [9.17, 15) is 14.4 Å².